The Morgan fingerprint density at radius 2 is 1.28 bits per heavy atom. The van der Waals surface area contributed by atoms with E-state index in [9.17, 15) is 8.42 Å². The zero-order valence-corrected chi connectivity index (χ0v) is 12.7. The topological polar surface area (TPSA) is 63.6 Å². The molecule has 1 N–H and O–H groups in total. The molecule has 0 aliphatic carbocycles. The van der Waals surface area contributed by atoms with Crippen molar-refractivity contribution in [1.29, 1.82) is 0 Å². The zero-order chi connectivity index (χ0) is 13.0. The van der Waals surface area contributed by atoms with Gasteiger partial charge in [-0.3, -0.25) is 4.55 Å². The van der Waals surface area contributed by atoms with Crippen LogP contribution in [0.4, 0.5) is 0 Å². The minimum absolute atomic E-state index is 0. The molecule has 0 saturated carbocycles. The second-order valence-corrected chi connectivity index (χ2v) is 5.52. The van der Waals surface area contributed by atoms with Crippen molar-refractivity contribution < 1.29 is 37.4 Å². The van der Waals surface area contributed by atoms with Crippen LogP contribution in [0.15, 0.2) is 0 Å². The second kappa shape index (κ2) is 13.9. The molecule has 0 heterocycles. The van der Waals surface area contributed by atoms with Crippen LogP contribution in [0.2, 0.25) is 0 Å². The molecular formula is C12H27LiO4S. The van der Waals surface area contributed by atoms with E-state index in [1.54, 1.807) is 0 Å². The van der Waals surface area contributed by atoms with E-state index in [1.807, 2.05) is 0 Å². The van der Waals surface area contributed by atoms with Crippen molar-refractivity contribution in [3.63, 3.8) is 0 Å². The Balaban J connectivity index is -0.00000128. The van der Waals surface area contributed by atoms with Crippen LogP contribution in [0.1, 0.15) is 72.6 Å². The summed E-state index contributed by atoms with van der Waals surface area (Å²) in [5.41, 5.74) is 0. The van der Waals surface area contributed by atoms with Gasteiger partial charge in [-0.05, 0) is 6.42 Å². The number of rotatable bonds is 12. The molecular weight excluding hydrogens is 247 g/mol. The third-order valence-corrected chi connectivity index (χ3v) is 3.19. The molecule has 6 heteroatoms. The maximum absolute atomic E-state index is 10.2. The summed E-state index contributed by atoms with van der Waals surface area (Å²) in [5.74, 6) is 0. The van der Waals surface area contributed by atoms with Crippen LogP contribution >= 0.6 is 0 Å². The van der Waals surface area contributed by atoms with Gasteiger partial charge < -0.3 is 1.43 Å². The van der Waals surface area contributed by atoms with E-state index in [4.69, 9.17) is 4.55 Å². The van der Waals surface area contributed by atoms with Gasteiger partial charge in [-0.2, -0.15) is 8.42 Å². The summed E-state index contributed by atoms with van der Waals surface area (Å²) in [4.78, 5) is 0. The van der Waals surface area contributed by atoms with Crippen molar-refractivity contribution in [2.24, 2.45) is 0 Å². The predicted octanol–water partition coefficient (Wildman–Crippen LogP) is 0.843. The average molecular weight is 274 g/mol. The molecule has 0 saturated heterocycles. The van der Waals surface area contributed by atoms with E-state index in [0.29, 0.717) is 6.42 Å². The molecule has 0 fully saturated rings. The van der Waals surface area contributed by atoms with E-state index in [0.717, 1.165) is 12.8 Å². The van der Waals surface area contributed by atoms with Crippen molar-refractivity contribution in [3.05, 3.63) is 0 Å². The third-order valence-electron chi connectivity index (χ3n) is 2.73. The van der Waals surface area contributed by atoms with E-state index >= 15 is 0 Å². The molecule has 0 amide bonds. The Hall–Kier alpha value is 0.467. The summed E-state index contributed by atoms with van der Waals surface area (Å²) in [7, 11) is -4.23. The standard InChI is InChI=1S/C12H26O4S.Li.H/c1-2-3-4-5-6-7-8-9-10-11-12-16-17(13,14)15;;/h2-12H2,1H3,(H,13,14,15);;/q;+1;-1. The molecule has 0 aromatic rings. The molecule has 0 radical (unpaired) electrons. The Kier molecular flexibility index (Phi) is 16.0. The molecule has 0 atom stereocenters. The molecule has 0 aliphatic heterocycles. The molecule has 0 unspecified atom stereocenters. The summed E-state index contributed by atoms with van der Waals surface area (Å²) in [6, 6.07) is 0. The summed E-state index contributed by atoms with van der Waals surface area (Å²) >= 11 is 0. The molecule has 0 bridgehead atoms. The first-order valence-corrected chi connectivity index (χ1v) is 8.04. The third kappa shape index (κ3) is 18.8. The quantitative estimate of drug-likeness (QED) is 0.325. The van der Waals surface area contributed by atoms with Crippen molar-refractivity contribution in [2.75, 3.05) is 6.61 Å². The first-order chi connectivity index (χ1) is 8.06. The van der Waals surface area contributed by atoms with Gasteiger partial charge in [-0.1, -0.05) is 64.7 Å². The van der Waals surface area contributed by atoms with Gasteiger partial charge in [0, 0.05) is 0 Å². The van der Waals surface area contributed by atoms with Crippen LogP contribution in [0.25, 0.3) is 0 Å². The van der Waals surface area contributed by atoms with Gasteiger partial charge in [0.2, 0.25) is 0 Å². The molecule has 0 aliphatic rings. The number of hydrogen-bond donors (Lipinski definition) is 1. The van der Waals surface area contributed by atoms with Gasteiger partial charge >= 0.3 is 29.3 Å². The average Bonchev–Trinajstić information content (AvgIpc) is 2.24. The van der Waals surface area contributed by atoms with Crippen LogP contribution in [0.3, 0.4) is 0 Å². The normalized spacial score (nSPS) is 11.2. The molecule has 0 rings (SSSR count). The van der Waals surface area contributed by atoms with Gasteiger partial charge in [0.15, 0.2) is 0 Å². The molecule has 0 aromatic carbocycles. The SMILES string of the molecule is CCCCCCCCCCCCOS(=O)(=O)O.[H-].[Li+]. The molecule has 106 valence electrons. The Morgan fingerprint density at radius 1 is 0.889 bits per heavy atom. The van der Waals surface area contributed by atoms with Crippen molar-refractivity contribution in [1.82, 2.24) is 0 Å². The second-order valence-electron chi connectivity index (χ2n) is 4.43. The number of hydrogen-bond acceptors (Lipinski definition) is 3. The van der Waals surface area contributed by atoms with Crippen molar-refractivity contribution in [3.8, 4) is 0 Å². The monoisotopic (exact) mass is 274 g/mol. The molecule has 0 spiro atoms. The van der Waals surface area contributed by atoms with Crippen LogP contribution in [0.5, 0.6) is 0 Å². The zero-order valence-electron chi connectivity index (χ0n) is 12.9. The van der Waals surface area contributed by atoms with Gasteiger partial charge in [-0.25, -0.2) is 4.18 Å². The molecule has 18 heavy (non-hydrogen) atoms. The van der Waals surface area contributed by atoms with Gasteiger partial charge in [0.1, 0.15) is 0 Å². The fraction of sp³-hybridized carbons (Fsp3) is 1.00. The van der Waals surface area contributed by atoms with Crippen molar-refractivity contribution in [2.45, 2.75) is 71.1 Å². The maximum atomic E-state index is 10.2. The smallest absolute Gasteiger partial charge is 1.00 e. The van der Waals surface area contributed by atoms with Crippen LogP contribution in [-0.4, -0.2) is 19.6 Å². The molecule has 0 aromatic heterocycles. The Bertz CT molecular complexity index is 260. The fourth-order valence-electron chi connectivity index (χ4n) is 1.75. The van der Waals surface area contributed by atoms with Crippen molar-refractivity contribution >= 4 is 10.4 Å². The van der Waals surface area contributed by atoms with E-state index in [-0.39, 0.29) is 26.9 Å². The van der Waals surface area contributed by atoms with E-state index in [1.165, 1.54) is 44.9 Å². The summed E-state index contributed by atoms with van der Waals surface area (Å²) in [6.45, 7) is 2.31. The minimum Gasteiger partial charge on any atom is -1.00 e. The summed E-state index contributed by atoms with van der Waals surface area (Å²) in [5, 5.41) is 0. The van der Waals surface area contributed by atoms with Crippen LogP contribution in [-0.2, 0) is 14.6 Å². The maximum Gasteiger partial charge on any atom is 1.00 e. The first-order valence-electron chi connectivity index (χ1n) is 6.68. The minimum atomic E-state index is -4.23. The van der Waals surface area contributed by atoms with Crippen LogP contribution < -0.4 is 18.9 Å². The first kappa shape index (κ1) is 20.8. The van der Waals surface area contributed by atoms with Gasteiger partial charge in [0.25, 0.3) is 0 Å². The number of unbranched alkanes of at least 4 members (excludes halogenated alkanes) is 9. The largest absolute Gasteiger partial charge is 1.00 e. The Labute approximate surface area is 125 Å². The summed E-state index contributed by atoms with van der Waals surface area (Å²) in [6.07, 6.45) is 11.9. The van der Waals surface area contributed by atoms with Crippen LogP contribution in [0, 0.1) is 0 Å². The molecule has 4 nitrogen and oxygen atoms in total. The van der Waals surface area contributed by atoms with E-state index in [2.05, 4.69) is 11.1 Å². The fourth-order valence-corrected chi connectivity index (χ4v) is 2.08. The van der Waals surface area contributed by atoms with Gasteiger partial charge in [0.05, 0.1) is 6.61 Å². The predicted molar refractivity (Wildman–Crippen MR) is 70.5 cm³/mol. The summed E-state index contributed by atoms with van der Waals surface area (Å²) < 4.78 is 33.0. The van der Waals surface area contributed by atoms with E-state index < -0.39 is 10.4 Å². The Morgan fingerprint density at radius 3 is 1.67 bits per heavy atom. The van der Waals surface area contributed by atoms with Gasteiger partial charge in [-0.15, -0.1) is 0 Å².